The molecule has 0 amide bonds. The topological polar surface area (TPSA) is 46.2 Å². The van der Waals surface area contributed by atoms with E-state index < -0.39 is 0 Å². The van der Waals surface area contributed by atoms with Crippen molar-refractivity contribution in [2.75, 3.05) is 7.05 Å². The zero-order valence-corrected chi connectivity index (χ0v) is 16.0. The molecular weight excluding hydrogens is 262 g/mol. The molecule has 0 unspecified atom stereocenters. The first-order valence-corrected chi connectivity index (χ1v) is 8.10. The Morgan fingerprint density at radius 1 is 0.905 bits per heavy atom. The summed E-state index contributed by atoms with van der Waals surface area (Å²) in [6, 6.07) is 0. The SMILES string of the molecule is C=O.C=O.CC.CC(C)(C)C.CCC1(NC)CCCCC1. The van der Waals surface area contributed by atoms with Crippen molar-refractivity contribution < 1.29 is 9.59 Å². The second kappa shape index (κ2) is 19.3. The lowest BCUT2D eigenvalue weighted by Crippen LogP contribution is -2.43. The molecule has 1 aliphatic rings. The minimum absolute atomic E-state index is 0.500. The lowest BCUT2D eigenvalue weighted by Gasteiger charge is -2.36. The summed E-state index contributed by atoms with van der Waals surface area (Å²) in [6.07, 6.45) is 8.37. The Labute approximate surface area is 134 Å². The van der Waals surface area contributed by atoms with E-state index in [2.05, 4.69) is 47.0 Å². The number of carbonyl (C=O) groups is 2. The van der Waals surface area contributed by atoms with Crippen LogP contribution >= 0.6 is 0 Å². The Balaban J connectivity index is -0.000000112. The van der Waals surface area contributed by atoms with E-state index in [0.29, 0.717) is 11.0 Å². The molecule has 0 spiro atoms. The van der Waals surface area contributed by atoms with Gasteiger partial charge in [-0.1, -0.05) is 67.7 Å². The molecule has 0 aromatic carbocycles. The first-order chi connectivity index (χ1) is 9.83. The first-order valence-electron chi connectivity index (χ1n) is 8.10. The van der Waals surface area contributed by atoms with Crippen LogP contribution in [0.5, 0.6) is 0 Å². The Kier molecular flexibility index (Phi) is 26.2. The number of nitrogens with one attached hydrogen (secondary N) is 1. The Hall–Kier alpha value is -0.700. The van der Waals surface area contributed by atoms with Gasteiger partial charge in [0.2, 0.25) is 0 Å². The fraction of sp³-hybridized carbons (Fsp3) is 0.889. The van der Waals surface area contributed by atoms with Gasteiger partial charge in [0.25, 0.3) is 0 Å². The largest absolute Gasteiger partial charge is 0.314 e. The van der Waals surface area contributed by atoms with E-state index in [1.165, 1.54) is 38.5 Å². The fourth-order valence-corrected chi connectivity index (χ4v) is 2.01. The van der Waals surface area contributed by atoms with E-state index in [1.54, 1.807) is 0 Å². The van der Waals surface area contributed by atoms with E-state index in [-0.39, 0.29) is 0 Å². The molecule has 0 radical (unpaired) electrons. The molecule has 1 saturated carbocycles. The maximum atomic E-state index is 8.00. The lowest BCUT2D eigenvalue weighted by atomic mass is 9.80. The summed E-state index contributed by atoms with van der Waals surface area (Å²) in [4.78, 5) is 16.0. The molecule has 1 N–H and O–H groups in total. The van der Waals surface area contributed by atoms with Crippen LogP contribution in [-0.2, 0) is 9.59 Å². The molecular formula is C18H41NO2. The molecule has 0 bridgehead atoms. The lowest BCUT2D eigenvalue weighted by molar-refractivity contribution is -0.0987. The van der Waals surface area contributed by atoms with Gasteiger partial charge in [0.15, 0.2) is 0 Å². The predicted octanol–water partition coefficient (Wildman–Crippen LogP) is 5.03. The third kappa shape index (κ3) is 24.7. The van der Waals surface area contributed by atoms with Gasteiger partial charge in [-0.2, -0.15) is 0 Å². The van der Waals surface area contributed by atoms with Crippen molar-refractivity contribution in [1.29, 1.82) is 0 Å². The maximum absolute atomic E-state index is 8.00. The number of hydrogen-bond acceptors (Lipinski definition) is 3. The van der Waals surface area contributed by atoms with E-state index in [0.717, 1.165) is 0 Å². The average molecular weight is 304 g/mol. The number of rotatable bonds is 2. The van der Waals surface area contributed by atoms with Crippen LogP contribution in [0.2, 0.25) is 0 Å². The zero-order chi connectivity index (χ0) is 17.9. The highest BCUT2D eigenvalue weighted by Crippen LogP contribution is 2.29. The third-order valence-electron chi connectivity index (χ3n) is 3.02. The van der Waals surface area contributed by atoms with Crippen LogP contribution in [0.15, 0.2) is 0 Å². The molecule has 0 atom stereocenters. The van der Waals surface area contributed by atoms with Crippen molar-refractivity contribution >= 4 is 13.6 Å². The quantitative estimate of drug-likeness (QED) is 0.778. The van der Waals surface area contributed by atoms with Crippen LogP contribution in [0.4, 0.5) is 0 Å². The smallest absolute Gasteiger partial charge is 0.106 e. The zero-order valence-electron chi connectivity index (χ0n) is 16.0. The molecule has 3 nitrogen and oxygen atoms in total. The molecule has 0 saturated heterocycles. The molecule has 1 rings (SSSR count). The molecule has 1 aliphatic carbocycles. The second-order valence-electron chi connectivity index (χ2n) is 6.44. The van der Waals surface area contributed by atoms with Crippen LogP contribution in [0.1, 0.15) is 87.0 Å². The molecule has 1 fully saturated rings. The van der Waals surface area contributed by atoms with E-state index in [4.69, 9.17) is 9.59 Å². The van der Waals surface area contributed by atoms with Gasteiger partial charge >= 0.3 is 0 Å². The summed E-state index contributed by atoms with van der Waals surface area (Å²) in [6.45, 7) is 19.0. The second-order valence-corrected chi connectivity index (χ2v) is 6.44. The standard InChI is InChI=1S/C9H19N.C5H12.C2H6.2CH2O/c1-3-9(10-2)7-5-4-6-8-9;1-5(2,3)4;3*1-2/h10H,3-8H2,1-2H3;1-4H3;1-2H3;2*1H2. The molecule has 3 heteroatoms. The maximum Gasteiger partial charge on any atom is 0.106 e. The van der Waals surface area contributed by atoms with Crippen molar-refractivity contribution in [3.63, 3.8) is 0 Å². The predicted molar refractivity (Wildman–Crippen MR) is 95.9 cm³/mol. The highest BCUT2D eigenvalue weighted by molar-refractivity contribution is 5.11. The summed E-state index contributed by atoms with van der Waals surface area (Å²) >= 11 is 0. The van der Waals surface area contributed by atoms with Crippen molar-refractivity contribution in [3.05, 3.63) is 0 Å². The highest BCUT2D eigenvalue weighted by Gasteiger charge is 2.27. The van der Waals surface area contributed by atoms with Gasteiger partial charge in [-0.15, -0.1) is 0 Å². The Morgan fingerprint density at radius 3 is 1.33 bits per heavy atom. The number of carbonyl (C=O) groups excluding carboxylic acids is 2. The van der Waals surface area contributed by atoms with E-state index in [9.17, 15) is 0 Å². The van der Waals surface area contributed by atoms with E-state index >= 15 is 0 Å². The molecule has 0 aromatic heterocycles. The minimum atomic E-state index is 0.500. The van der Waals surface area contributed by atoms with Gasteiger partial charge in [0.05, 0.1) is 0 Å². The van der Waals surface area contributed by atoms with Crippen LogP contribution in [0.25, 0.3) is 0 Å². The highest BCUT2D eigenvalue weighted by atomic mass is 16.1. The van der Waals surface area contributed by atoms with E-state index in [1.807, 2.05) is 27.4 Å². The molecule has 0 heterocycles. The summed E-state index contributed by atoms with van der Waals surface area (Å²) in [5.74, 6) is 0. The van der Waals surface area contributed by atoms with Crippen molar-refractivity contribution in [2.45, 2.75) is 92.5 Å². The fourth-order valence-electron chi connectivity index (χ4n) is 2.01. The summed E-state index contributed by atoms with van der Waals surface area (Å²) in [7, 11) is 2.11. The number of hydrogen-bond donors (Lipinski definition) is 1. The van der Waals surface area contributed by atoms with Crippen LogP contribution in [-0.4, -0.2) is 26.2 Å². The van der Waals surface area contributed by atoms with Crippen molar-refractivity contribution in [1.82, 2.24) is 5.32 Å². The summed E-state index contributed by atoms with van der Waals surface area (Å²) in [5.41, 5.74) is 1.01. The normalized spacial score (nSPS) is 15.2. The summed E-state index contributed by atoms with van der Waals surface area (Å²) in [5, 5.41) is 3.47. The van der Waals surface area contributed by atoms with Gasteiger partial charge in [0, 0.05) is 5.54 Å². The minimum Gasteiger partial charge on any atom is -0.314 e. The van der Waals surface area contributed by atoms with Crippen LogP contribution in [0, 0.1) is 5.41 Å². The van der Waals surface area contributed by atoms with Gasteiger partial charge in [-0.3, -0.25) is 0 Å². The van der Waals surface area contributed by atoms with Gasteiger partial charge in [-0.25, -0.2) is 0 Å². The molecule has 130 valence electrons. The Morgan fingerprint density at radius 2 is 1.19 bits per heavy atom. The molecule has 21 heavy (non-hydrogen) atoms. The Bertz CT molecular complexity index is 168. The van der Waals surface area contributed by atoms with Gasteiger partial charge in [0.1, 0.15) is 13.6 Å². The monoisotopic (exact) mass is 303 g/mol. The third-order valence-corrected chi connectivity index (χ3v) is 3.02. The van der Waals surface area contributed by atoms with Gasteiger partial charge in [-0.05, 0) is 31.7 Å². The van der Waals surface area contributed by atoms with Gasteiger partial charge < -0.3 is 14.9 Å². The van der Waals surface area contributed by atoms with Crippen LogP contribution in [0.3, 0.4) is 0 Å². The van der Waals surface area contributed by atoms with Crippen molar-refractivity contribution in [3.8, 4) is 0 Å². The van der Waals surface area contributed by atoms with Crippen molar-refractivity contribution in [2.24, 2.45) is 5.41 Å². The molecule has 0 aliphatic heterocycles. The first kappa shape index (κ1) is 28.5. The summed E-state index contributed by atoms with van der Waals surface area (Å²) < 4.78 is 0. The molecule has 0 aromatic rings. The average Bonchev–Trinajstić information content (AvgIpc) is 2.52. The van der Waals surface area contributed by atoms with Crippen LogP contribution < -0.4 is 5.32 Å².